The highest BCUT2D eigenvalue weighted by Gasteiger charge is 2.16. The number of rotatable bonds is 7. The zero-order valence-corrected chi connectivity index (χ0v) is 11.7. The predicted molar refractivity (Wildman–Crippen MR) is 75.2 cm³/mol. The van der Waals surface area contributed by atoms with Gasteiger partial charge >= 0.3 is 0 Å². The van der Waals surface area contributed by atoms with Gasteiger partial charge in [0.05, 0.1) is 0 Å². The van der Waals surface area contributed by atoms with Gasteiger partial charge in [-0.15, -0.1) is 0 Å². The number of carbonyl (C=O) groups excluding carboxylic acids is 1. The van der Waals surface area contributed by atoms with Crippen molar-refractivity contribution >= 4 is 5.91 Å². The molecule has 1 aromatic rings. The highest BCUT2D eigenvalue weighted by atomic mass is 19.1. The van der Waals surface area contributed by atoms with Crippen molar-refractivity contribution < 1.29 is 9.18 Å². The van der Waals surface area contributed by atoms with Crippen LogP contribution in [0.1, 0.15) is 32.3 Å². The summed E-state index contributed by atoms with van der Waals surface area (Å²) in [5.74, 6) is 0.120. The molecular formula is C15H23FN2O. The summed E-state index contributed by atoms with van der Waals surface area (Å²) >= 11 is 0. The summed E-state index contributed by atoms with van der Waals surface area (Å²) in [5, 5.41) is 3.03. The molecule has 1 aromatic carbocycles. The maximum Gasteiger partial charge on any atom is 0.220 e. The number of hydrogen-bond acceptors (Lipinski definition) is 2. The van der Waals surface area contributed by atoms with Crippen LogP contribution in [0.4, 0.5) is 4.39 Å². The Balaban J connectivity index is 2.57. The molecule has 1 rings (SSSR count). The van der Waals surface area contributed by atoms with E-state index in [0.717, 1.165) is 5.56 Å². The number of nitrogens with two attached hydrogens (primary N) is 1. The molecule has 3 nitrogen and oxygen atoms in total. The van der Waals surface area contributed by atoms with Crippen LogP contribution in [0.3, 0.4) is 0 Å². The normalized spacial score (nSPS) is 12.5. The molecule has 0 aliphatic carbocycles. The summed E-state index contributed by atoms with van der Waals surface area (Å²) in [4.78, 5) is 11.7. The molecule has 4 heteroatoms. The van der Waals surface area contributed by atoms with E-state index in [4.69, 9.17) is 5.73 Å². The van der Waals surface area contributed by atoms with Gasteiger partial charge in [0.25, 0.3) is 0 Å². The minimum absolute atomic E-state index is 0.0336. The Kier molecular flexibility index (Phi) is 6.50. The molecule has 0 bridgehead atoms. The molecular weight excluding hydrogens is 243 g/mol. The lowest BCUT2D eigenvalue weighted by Gasteiger charge is -2.22. The van der Waals surface area contributed by atoms with Gasteiger partial charge in [0.2, 0.25) is 5.91 Å². The van der Waals surface area contributed by atoms with Gasteiger partial charge in [-0.1, -0.05) is 26.0 Å². The molecule has 0 heterocycles. The Morgan fingerprint density at radius 2 is 1.95 bits per heavy atom. The molecule has 1 unspecified atom stereocenters. The number of hydrogen-bond donors (Lipinski definition) is 2. The monoisotopic (exact) mass is 266 g/mol. The number of benzene rings is 1. The molecule has 0 aromatic heterocycles. The Bertz CT molecular complexity index is 390. The fourth-order valence-electron chi connectivity index (χ4n) is 1.87. The fourth-order valence-corrected chi connectivity index (χ4v) is 1.87. The van der Waals surface area contributed by atoms with Crippen LogP contribution >= 0.6 is 0 Å². The van der Waals surface area contributed by atoms with Gasteiger partial charge in [0, 0.05) is 12.5 Å². The zero-order valence-electron chi connectivity index (χ0n) is 11.7. The van der Waals surface area contributed by atoms with Crippen molar-refractivity contribution in [1.29, 1.82) is 0 Å². The second kappa shape index (κ2) is 7.89. The van der Waals surface area contributed by atoms with E-state index in [2.05, 4.69) is 19.2 Å². The van der Waals surface area contributed by atoms with Crippen molar-refractivity contribution in [1.82, 2.24) is 5.32 Å². The van der Waals surface area contributed by atoms with Gasteiger partial charge in [-0.2, -0.15) is 0 Å². The summed E-state index contributed by atoms with van der Waals surface area (Å²) in [6.07, 6.45) is 1.88. The smallest absolute Gasteiger partial charge is 0.220 e. The fraction of sp³-hybridized carbons (Fsp3) is 0.533. The number of nitrogens with one attached hydrogen (secondary N) is 1. The van der Waals surface area contributed by atoms with Crippen molar-refractivity contribution in [2.75, 3.05) is 6.54 Å². The van der Waals surface area contributed by atoms with E-state index < -0.39 is 0 Å². The molecule has 3 N–H and O–H groups in total. The Labute approximate surface area is 114 Å². The highest BCUT2D eigenvalue weighted by molar-refractivity contribution is 5.76. The lowest BCUT2D eigenvalue weighted by Crippen LogP contribution is -2.40. The Morgan fingerprint density at radius 1 is 1.32 bits per heavy atom. The number of amides is 1. The van der Waals surface area contributed by atoms with Crippen molar-refractivity contribution in [3.63, 3.8) is 0 Å². The molecule has 19 heavy (non-hydrogen) atoms. The molecule has 106 valence electrons. The predicted octanol–water partition coefficient (Wildman–Crippen LogP) is 2.25. The van der Waals surface area contributed by atoms with Gasteiger partial charge < -0.3 is 11.1 Å². The topological polar surface area (TPSA) is 55.1 Å². The molecule has 1 atom stereocenters. The largest absolute Gasteiger partial charge is 0.353 e. The van der Waals surface area contributed by atoms with E-state index in [0.29, 0.717) is 31.7 Å². The summed E-state index contributed by atoms with van der Waals surface area (Å²) in [7, 11) is 0. The first-order chi connectivity index (χ1) is 9.02. The van der Waals surface area contributed by atoms with Crippen molar-refractivity contribution in [3.8, 4) is 0 Å². The average molecular weight is 266 g/mol. The van der Waals surface area contributed by atoms with Crippen LogP contribution in [0, 0.1) is 11.7 Å². The van der Waals surface area contributed by atoms with Crippen LogP contribution < -0.4 is 11.1 Å². The highest BCUT2D eigenvalue weighted by Crippen LogP contribution is 2.11. The quantitative estimate of drug-likeness (QED) is 0.795. The molecule has 0 radical (unpaired) electrons. The average Bonchev–Trinajstić information content (AvgIpc) is 2.38. The van der Waals surface area contributed by atoms with Crippen LogP contribution in [0.15, 0.2) is 24.3 Å². The van der Waals surface area contributed by atoms with Crippen LogP contribution in [0.25, 0.3) is 0 Å². The van der Waals surface area contributed by atoms with Gasteiger partial charge in [0.1, 0.15) is 5.82 Å². The van der Waals surface area contributed by atoms with Crippen molar-refractivity contribution in [3.05, 3.63) is 35.6 Å². The lowest BCUT2D eigenvalue weighted by atomic mass is 9.96. The Hall–Kier alpha value is -1.42. The third kappa shape index (κ3) is 5.83. The van der Waals surface area contributed by atoms with Crippen LogP contribution in [-0.4, -0.2) is 18.5 Å². The molecule has 0 saturated heterocycles. The first kappa shape index (κ1) is 15.6. The summed E-state index contributed by atoms with van der Waals surface area (Å²) in [6, 6.07) is 6.48. The third-order valence-corrected chi connectivity index (χ3v) is 3.13. The standard InChI is InChI=1S/C15H23FN2O/c1-11(2)14(18-15(19)4-3-9-17)10-12-5-7-13(16)8-6-12/h5-8,11,14H,3-4,9-10,17H2,1-2H3,(H,18,19). The zero-order chi connectivity index (χ0) is 14.3. The third-order valence-electron chi connectivity index (χ3n) is 3.13. The second-order valence-electron chi connectivity index (χ2n) is 5.14. The van der Waals surface area contributed by atoms with E-state index in [1.165, 1.54) is 12.1 Å². The molecule has 0 saturated carbocycles. The van der Waals surface area contributed by atoms with Crippen LogP contribution in [0.5, 0.6) is 0 Å². The minimum Gasteiger partial charge on any atom is -0.353 e. The summed E-state index contributed by atoms with van der Waals surface area (Å²) in [5.41, 5.74) is 6.42. The summed E-state index contributed by atoms with van der Waals surface area (Å²) in [6.45, 7) is 4.66. The first-order valence-electron chi connectivity index (χ1n) is 6.76. The molecule has 0 aliphatic heterocycles. The van der Waals surface area contributed by atoms with Crippen LogP contribution in [0.2, 0.25) is 0 Å². The van der Waals surface area contributed by atoms with Crippen LogP contribution in [-0.2, 0) is 11.2 Å². The minimum atomic E-state index is -0.239. The molecule has 1 amide bonds. The van der Waals surface area contributed by atoms with E-state index >= 15 is 0 Å². The van der Waals surface area contributed by atoms with E-state index in [-0.39, 0.29) is 17.8 Å². The molecule has 0 aliphatic rings. The second-order valence-corrected chi connectivity index (χ2v) is 5.14. The van der Waals surface area contributed by atoms with Gasteiger partial charge in [-0.05, 0) is 43.0 Å². The molecule has 0 spiro atoms. The Morgan fingerprint density at radius 3 is 2.47 bits per heavy atom. The summed E-state index contributed by atoms with van der Waals surface area (Å²) < 4.78 is 12.9. The maximum atomic E-state index is 12.9. The maximum absolute atomic E-state index is 12.9. The van der Waals surface area contributed by atoms with E-state index in [1.807, 2.05) is 0 Å². The van der Waals surface area contributed by atoms with Gasteiger partial charge in [0.15, 0.2) is 0 Å². The number of halogens is 1. The van der Waals surface area contributed by atoms with E-state index in [9.17, 15) is 9.18 Å². The lowest BCUT2D eigenvalue weighted by molar-refractivity contribution is -0.122. The number of carbonyl (C=O) groups is 1. The van der Waals surface area contributed by atoms with Crippen molar-refractivity contribution in [2.24, 2.45) is 11.7 Å². The van der Waals surface area contributed by atoms with Crippen molar-refractivity contribution in [2.45, 2.75) is 39.2 Å². The van der Waals surface area contributed by atoms with Gasteiger partial charge in [-0.3, -0.25) is 4.79 Å². The van der Waals surface area contributed by atoms with Gasteiger partial charge in [-0.25, -0.2) is 4.39 Å². The SMILES string of the molecule is CC(C)C(Cc1ccc(F)cc1)NC(=O)CCCN. The molecule has 0 fully saturated rings. The first-order valence-corrected chi connectivity index (χ1v) is 6.76. The van der Waals surface area contributed by atoms with E-state index in [1.54, 1.807) is 12.1 Å².